The van der Waals surface area contributed by atoms with Gasteiger partial charge in [0.15, 0.2) is 0 Å². The second kappa shape index (κ2) is 9.28. The Bertz CT molecular complexity index is 1220. The molecular weight excluding hydrogens is 476 g/mol. The van der Waals surface area contributed by atoms with Crippen LogP contribution >= 0.6 is 0 Å². The predicted octanol–water partition coefficient (Wildman–Crippen LogP) is 3.89. The Hall–Kier alpha value is -3.75. The first-order valence-corrected chi connectivity index (χ1v) is 12.4. The highest BCUT2D eigenvalue weighted by Crippen LogP contribution is 2.56. The lowest BCUT2D eigenvalue weighted by molar-refractivity contribution is -0.141. The predicted molar refractivity (Wildman–Crippen MR) is 135 cm³/mol. The van der Waals surface area contributed by atoms with Crippen molar-refractivity contribution in [3.05, 3.63) is 59.2 Å². The van der Waals surface area contributed by atoms with Gasteiger partial charge in [0.1, 0.15) is 24.6 Å². The molecule has 2 saturated heterocycles. The maximum atomic E-state index is 12.9. The largest absolute Gasteiger partial charge is 0.489 e. The molecule has 4 atom stereocenters. The summed E-state index contributed by atoms with van der Waals surface area (Å²) in [6.07, 6.45) is -0.347. The van der Waals surface area contributed by atoms with E-state index < -0.39 is 11.6 Å². The number of hydrogen-bond acceptors (Lipinski definition) is 8. The van der Waals surface area contributed by atoms with Gasteiger partial charge >= 0.3 is 18.0 Å². The maximum Gasteiger partial charge on any atom is 0.411 e. The molecule has 0 spiro atoms. The van der Waals surface area contributed by atoms with Gasteiger partial charge in [-0.25, -0.2) is 9.59 Å². The van der Waals surface area contributed by atoms with Crippen LogP contribution in [0, 0.1) is 0 Å². The molecule has 9 nitrogen and oxygen atoms in total. The van der Waals surface area contributed by atoms with Crippen molar-refractivity contribution in [1.29, 1.82) is 0 Å². The van der Waals surface area contributed by atoms with Crippen molar-refractivity contribution < 1.29 is 33.3 Å². The van der Waals surface area contributed by atoms with E-state index in [1.807, 2.05) is 51.1 Å². The quantitative estimate of drug-likeness (QED) is 0.330. The van der Waals surface area contributed by atoms with Gasteiger partial charge in [0.25, 0.3) is 0 Å². The molecule has 0 aromatic heterocycles. The van der Waals surface area contributed by atoms with Gasteiger partial charge in [0, 0.05) is 30.6 Å². The van der Waals surface area contributed by atoms with Gasteiger partial charge in [-0.15, -0.1) is 0 Å². The minimum atomic E-state index is -0.600. The highest BCUT2D eigenvalue weighted by Gasteiger charge is 2.67. The number of carbonyl (C=O) groups is 3. The van der Waals surface area contributed by atoms with Crippen molar-refractivity contribution in [2.45, 2.75) is 63.9 Å². The minimum absolute atomic E-state index is 0.0108. The van der Waals surface area contributed by atoms with E-state index in [2.05, 4.69) is 4.90 Å². The van der Waals surface area contributed by atoms with Crippen molar-refractivity contribution in [3.8, 4) is 5.75 Å². The SMILES string of the molecule is COC(=O)c1cc(OCc2ccccc2)c2c(c1)N1C[C@H]3[C@@H]([C@H]1[C@@H]2COC(C)=O)N3C(=O)OC(C)(C)C. The molecule has 3 aliphatic heterocycles. The van der Waals surface area contributed by atoms with Gasteiger partial charge in [-0.3, -0.25) is 9.69 Å². The summed E-state index contributed by atoms with van der Waals surface area (Å²) < 4.78 is 22.4. The summed E-state index contributed by atoms with van der Waals surface area (Å²) in [6, 6.07) is 13.0. The molecule has 0 radical (unpaired) electrons. The Labute approximate surface area is 216 Å². The number of carbonyl (C=O) groups excluding carboxylic acids is 3. The third-order valence-electron chi connectivity index (χ3n) is 7.02. The third kappa shape index (κ3) is 4.70. The average Bonchev–Trinajstić information content (AvgIpc) is 3.29. The second-order valence-electron chi connectivity index (χ2n) is 10.7. The molecule has 2 aromatic rings. The van der Waals surface area contributed by atoms with Gasteiger partial charge in [0.2, 0.25) is 0 Å². The number of fused-ring (bicyclic) bond motifs is 5. The minimum Gasteiger partial charge on any atom is -0.489 e. The molecule has 3 aliphatic rings. The smallest absolute Gasteiger partial charge is 0.411 e. The number of benzene rings is 2. The molecule has 196 valence electrons. The van der Waals surface area contributed by atoms with Crippen molar-refractivity contribution in [3.63, 3.8) is 0 Å². The average molecular weight is 509 g/mol. The van der Waals surface area contributed by atoms with E-state index in [1.54, 1.807) is 17.0 Å². The van der Waals surface area contributed by atoms with Crippen LogP contribution in [0.3, 0.4) is 0 Å². The van der Waals surface area contributed by atoms with Crippen LogP contribution in [-0.4, -0.2) is 66.9 Å². The van der Waals surface area contributed by atoms with Crippen LogP contribution in [0.4, 0.5) is 10.5 Å². The number of rotatable bonds is 6. The molecule has 0 bridgehead atoms. The monoisotopic (exact) mass is 508 g/mol. The van der Waals surface area contributed by atoms with Crippen molar-refractivity contribution in [2.75, 3.05) is 25.2 Å². The number of methoxy groups -OCH3 is 1. The highest BCUT2D eigenvalue weighted by atomic mass is 16.6. The zero-order chi connectivity index (χ0) is 26.5. The van der Waals surface area contributed by atoms with E-state index in [0.29, 0.717) is 24.5 Å². The zero-order valence-corrected chi connectivity index (χ0v) is 21.7. The highest BCUT2D eigenvalue weighted by molar-refractivity contribution is 5.93. The molecule has 0 N–H and O–H groups in total. The summed E-state index contributed by atoms with van der Waals surface area (Å²) in [6.45, 7) is 7.93. The molecule has 2 fully saturated rings. The normalized spacial score (nSPS) is 23.1. The summed E-state index contributed by atoms with van der Waals surface area (Å²) in [7, 11) is 1.34. The van der Waals surface area contributed by atoms with E-state index in [1.165, 1.54) is 14.0 Å². The summed E-state index contributed by atoms with van der Waals surface area (Å²) >= 11 is 0. The summed E-state index contributed by atoms with van der Waals surface area (Å²) in [5.74, 6) is -0.563. The first-order chi connectivity index (χ1) is 17.6. The Morgan fingerprint density at radius 3 is 2.43 bits per heavy atom. The van der Waals surface area contributed by atoms with Crippen molar-refractivity contribution in [2.24, 2.45) is 0 Å². The van der Waals surface area contributed by atoms with Crippen LogP contribution in [0.5, 0.6) is 5.75 Å². The number of esters is 2. The van der Waals surface area contributed by atoms with Gasteiger partial charge in [-0.2, -0.15) is 0 Å². The number of piperazine rings is 1. The molecule has 37 heavy (non-hydrogen) atoms. The first kappa shape index (κ1) is 24.9. The lowest BCUT2D eigenvalue weighted by atomic mass is 9.92. The third-order valence-corrected chi connectivity index (χ3v) is 7.02. The van der Waals surface area contributed by atoms with Gasteiger partial charge in [0.05, 0.1) is 30.8 Å². The van der Waals surface area contributed by atoms with Crippen LogP contribution in [0.15, 0.2) is 42.5 Å². The standard InChI is InChI=1S/C28H32N2O7/c1-16(31)35-15-19-23-20(29-13-21-25(24(19)29)30(21)27(33)37-28(2,3)4)11-18(26(32)34-5)12-22(23)36-14-17-9-7-6-8-10-17/h6-12,19,21,24-25H,13-15H2,1-5H3/t19-,21+,24-,25+,30?/m1/s1. The fourth-order valence-corrected chi connectivity index (χ4v) is 5.55. The Morgan fingerprint density at radius 2 is 1.78 bits per heavy atom. The fraction of sp³-hybridized carbons (Fsp3) is 0.464. The van der Waals surface area contributed by atoms with E-state index >= 15 is 0 Å². The summed E-state index contributed by atoms with van der Waals surface area (Å²) in [5, 5.41) is 0. The Balaban J connectivity index is 1.51. The van der Waals surface area contributed by atoms with E-state index in [0.717, 1.165) is 16.8 Å². The summed E-state index contributed by atoms with van der Waals surface area (Å²) in [5.41, 5.74) is 2.46. The lowest BCUT2D eigenvalue weighted by Crippen LogP contribution is -2.41. The molecule has 0 saturated carbocycles. The summed E-state index contributed by atoms with van der Waals surface area (Å²) in [4.78, 5) is 41.2. The van der Waals surface area contributed by atoms with Crippen molar-refractivity contribution in [1.82, 2.24) is 4.90 Å². The van der Waals surface area contributed by atoms with E-state index in [-0.39, 0.29) is 42.7 Å². The second-order valence-corrected chi connectivity index (χ2v) is 10.7. The van der Waals surface area contributed by atoms with Crippen LogP contribution < -0.4 is 9.64 Å². The number of anilines is 1. The molecule has 9 heteroatoms. The van der Waals surface area contributed by atoms with E-state index in [4.69, 9.17) is 18.9 Å². The Kier molecular flexibility index (Phi) is 6.25. The van der Waals surface area contributed by atoms with Gasteiger partial charge < -0.3 is 23.8 Å². The number of hydrogen-bond donors (Lipinski definition) is 0. The van der Waals surface area contributed by atoms with Crippen LogP contribution in [-0.2, 0) is 25.6 Å². The molecule has 1 amide bonds. The maximum absolute atomic E-state index is 12.9. The molecule has 3 heterocycles. The van der Waals surface area contributed by atoms with Gasteiger partial charge in [-0.1, -0.05) is 30.3 Å². The van der Waals surface area contributed by atoms with Crippen LogP contribution in [0.25, 0.3) is 0 Å². The zero-order valence-electron chi connectivity index (χ0n) is 21.7. The number of amides is 1. The number of ether oxygens (including phenoxy) is 4. The fourth-order valence-electron chi connectivity index (χ4n) is 5.55. The van der Waals surface area contributed by atoms with Crippen LogP contribution in [0.1, 0.15) is 55.1 Å². The molecule has 0 unspecified atom stereocenters. The molecule has 2 aromatic carbocycles. The molecular formula is C28H32N2O7. The Morgan fingerprint density at radius 1 is 1.05 bits per heavy atom. The number of nitrogens with zero attached hydrogens (tertiary/aromatic N) is 2. The lowest BCUT2D eigenvalue weighted by Gasteiger charge is -2.29. The molecule has 5 rings (SSSR count). The van der Waals surface area contributed by atoms with Crippen molar-refractivity contribution >= 4 is 23.7 Å². The first-order valence-electron chi connectivity index (χ1n) is 12.4. The topological polar surface area (TPSA) is 94.4 Å². The van der Waals surface area contributed by atoms with Crippen LogP contribution in [0.2, 0.25) is 0 Å². The van der Waals surface area contributed by atoms with E-state index in [9.17, 15) is 14.4 Å². The van der Waals surface area contributed by atoms with Gasteiger partial charge in [-0.05, 0) is 38.5 Å². The molecule has 0 aliphatic carbocycles.